The Labute approximate surface area is 161 Å². The van der Waals surface area contributed by atoms with Gasteiger partial charge in [-0.25, -0.2) is 4.79 Å². The van der Waals surface area contributed by atoms with Crippen LogP contribution in [0, 0.1) is 5.92 Å². The molecule has 1 saturated heterocycles. The average molecular weight is 383 g/mol. The maximum absolute atomic E-state index is 12.4. The van der Waals surface area contributed by atoms with E-state index < -0.39 is 23.7 Å². The van der Waals surface area contributed by atoms with Crippen LogP contribution >= 0.6 is 0 Å². The molecule has 27 heavy (non-hydrogen) atoms. The van der Waals surface area contributed by atoms with Crippen molar-refractivity contribution in [2.24, 2.45) is 11.7 Å². The summed E-state index contributed by atoms with van der Waals surface area (Å²) in [6.45, 7) is 2.36. The number of hydrogen-bond acceptors (Lipinski definition) is 6. The fourth-order valence-corrected chi connectivity index (χ4v) is 3.17. The summed E-state index contributed by atoms with van der Waals surface area (Å²) >= 11 is 0. The molecule has 154 valence electrons. The zero-order valence-electron chi connectivity index (χ0n) is 16.5. The fraction of sp³-hybridized carbons (Fsp3) is 0.800. The van der Waals surface area contributed by atoms with E-state index in [4.69, 9.17) is 10.6 Å². The van der Waals surface area contributed by atoms with E-state index in [2.05, 4.69) is 6.92 Å². The second kappa shape index (κ2) is 13.4. The van der Waals surface area contributed by atoms with Crippen molar-refractivity contribution < 1.29 is 24.0 Å². The number of rotatable bonds is 15. The molecule has 2 N–H and O–H groups in total. The zero-order valence-corrected chi connectivity index (χ0v) is 16.5. The van der Waals surface area contributed by atoms with Crippen LogP contribution < -0.4 is 5.73 Å². The molecule has 0 aromatic carbocycles. The summed E-state index contributed by atoms with van der Waals surface area (Å²) in [5.41, 5.74) is 5.50. The maximum atomic E-state index is 12.4. The second-order valence-electron chi connectivity index (χ2n) is 7.17. The molecule has 1 aliphatic rings. The van der Waals surface area contributed by atoms with Crippen LogP contribution in [-0.2, 0) is 24.0 Å². The highest BCUT2D eigenvalue weighted by molar-refractivity contribution is 6.03. The number of hydrogen-bond donors (Lipinski definition) is 1. The van der Waals surface area contributed by atoms with Crippen LogP contribution in [0.1, 0.15) is 90.4 Å². The topological polar surface area (TPSA) is 107 Å². The summed E-state index contributed by atoms with van der Waals surface area (Å²) in [6, 6.07) is 0. The molecule has 0 unspecified atom stereocenters. The molecule has 0 aromatic heterocycles. The van der Waals surface area contributed by atoms with Crippen LogP contribution in [0.2, 0.25) is 0 Å². The summed E-state index contributed by atoms with van der Waals surface area (Å²) in [5, 5.41) is 0.484. The first-order chi connectivity index (χ1) is 13.0. The molecule has 1 heterocycles. The number of ketones is 1. The van der Waals surface area contributed by atoms with E-state index in [0.717, 1.165) is 19.3 Å². The molecular weight excluding hydrogens is 348 g/mol. The third kappa shape index (κ3) is 8.65. The Bertz CT molecular complexity index is 491. The van der Waals surface area contributed by atoms with Crippen LogP contribution in [0.15, 0.2) is 0 Å². The molecule has 0 aliphatic carbocycles. The van der Waals surface area contributed by atoms with Gasteiger partial charge in [-0.2, -0.15) is 0 Å². The molecule has 1 rings (SSSR count). The summed E-state index contributed by atoms with van der Waals surface area (Å²) in [7, 11) is 0. The Hall–Kier alpha value is -1.76. The van der Waals surface area contributed by atoms with Crippen molar-refractivity contribution in [1.29, 1.82) is 0 Å². The van der Waals surface area contributed by atoms with Crippen molar-refractivity contribution in [2.45, 2.75) is 90.4 Å². The molecule has 0 spiro atoms. The number of nitrogens with two attached hydrogens (primary N) is 1. The first-order valence-corrected chi connectivity index (χ1v) is 10.3. The van der Waals surface area contributed by atoms with Crippen molar-refractivity contribution in [3.8, 4) is 0 Å². The molecular formula is C20H34N2O5. The molecule has 0 saturated carbocycles. The van der Waals surface area contributed by atoms with Crippen molar-refractivity contribution in [3.05, 3.63) is 0 Å². The van der Waals surface area contributed by atoms with Gasteiger partial charge < -0.3 is 10.6 Å². The Morgan fingerprint density at radius 3 is 2.00 bits per heavy atom. The first-order valence-electron chi connectivity index (χ1n) is 10.3. The van der Waals surface area contributed by atoms with Crippen LogP contribution in [0.5, 0.6) is 0 Å². The minimum Gasteiger partial charge on any atom is -0.330 e. The van der Waals surface area contributed by atoms with Gasteiger partial charge in [-0.1, -0.05) is 58.3 Å². The molecule has 1 fully saturated rings. The normalized spacial score (nSPS) is 15.3. The number of Topliss-reactive ketones (excluding diaryl/α,β-unsaturated/α-hetero) is 1. The number of nitrogens with zero attached hydrogens (tertiary/aromatic N) is 1. The van der Waals surface area contributed by atoms with Crippen molar-refractivity contribution in [1.82, 2.24) is 5.06 Å². The predicted molar refractivity (Wildman–Crippen MR) is 101 cm³/mol. The van der Waals surface area contributed by atoms with Gasteiger partial charge in [-0.15, -0.1) is 5.06 Å². The Morgan fingerprint density at radius 2 is 1.48 bits per heavy atom. The Kier molecular flexibility index (Phi) is 11.6. The van der Waals surface area contributed by atoms with E-state index in [0.29, 0.717) is 5.06 Å². The van der Waals surface area contributed by atoms with Crippen LogP contribution in [0.3, 0.4) is 0 Å². The number of unbranched alkanes of at least 4 members (excludes halogenated alkanes) is 8. The van der Waals surface area contributed by atoms with Gasteiger partial charge in [0.25, 0.3) is 11.8 Å². The van der Waals surface area contributed by atoms with Gasteiger partial charge in [0.05, 0.1) is 0 Å². The van der Waals surface area contributed by atoms with E-state index >= 15 is 0 Å². The van der Waals surface area contributed by atoms with Crippen molar-refractivity contribution >= 4 is 23.6 Å². The SMILES string of the molecule is CCCCCCCCCCCC(=O)[C@@H](CCN)C(=O)ON1C(=O)CCC1=O. The lowest BCUT2D eigenvalue weighted by Crippen LogP contribution is -2.37. The third-order valence-electron chi connectivity index (χ3n) is 4.84. The minimum atomic E-state index is -1.01. The van der Waals surface area contributed by atoms with Crippen LogP contribution in [-0.4, -0.2) is 35.2 Å². The Morgan fingerprint density at radius 1 is 0.963 bits per heavy atom. The predicted octanol–water partition coefficient (Wildman–Crippen LogP) is 3.05. The lowest BCUT2D eigenvalue weighted by molar-refractivity contribution is -0.201. The standard InChI is InChI=1S/C20H34N2O5/c1-2-3-4-5-6-7-8-9-10-11-17(23)16(14-15-21)20(26)27-22-18(24)12-13-19(22)25/h16H,2-15,21H2,1H3/t16-/m1/s1. The highest BCUT2D eigenvalue weighted by Crippen LogP contribution is 2.18. The van der Waals surface area contributed by atoms with Crippen LogP contribution in [0.4, 0.5) is 0 Å². The second-order valence-corrected chi connectivity index (χ2v) is 7.17. The number of carbonyl (C=O) groups is 4. The number of carbonyl (C=O) groups excluding carboxylic acids is 4. The molecule has 0 aromatic rings. The highest BCUT2D eigenvalue weighted by atomic mass is 16.7. The lowest BCUT2D eigenvalue weighted by Gasteiger charge is -2.18. The van der Waals surface area contributed by atoms with Gasteiger partial charge in [0.1, 0.15) is 11.7 Å². The summed E-state index contributed by atoms with van der Waals surface area (Å²) in [6.07, 6.45) is 10.8. The van der Waals surface area contributed by atoms with Gasteiger partial charge in [-0.05, 0) is 19.4 Å². The molecule has 7 nitrogen and oxygen atoms in total. The summed E-state index contributed by atoms with van der Waals surface area (Å²) in [5.74, 6) is -3.19. The fourth-order valence-electron chi connectivity index (χ4n) is 3.17. The van der Waals surface area contributed by atoms with Gasteiger partial charge in [-0.3, -0.25) is 14.4 Å². The molecule has 7 heteroatoms. The van der Waals surface area contributed by atoms with Crippen molar-refractivity contribution in [3.63, 3.8) is 0 Å². The third-order valence-corrected chi connectivity index (χ3v) is 4.84. The maximum Gasteiger partial charge on any atom is 0.343 e. The monoisotopic (exact) mass is 382 g/mol. The molecule has 1 aliphatic heterocycles. The number of hydroxylamine groups is 2. The molecule has 0 radical (unpaired) electrons. The zero-order chi connectivity index (χ0) is 20.1. The van der Waals surface area contributed by atoms with Gasteiger partial charge in [0.15, 0.2) is 0 Å². The van der Waals surface area contributed by atoms with Gasteiger partial charge in [0.2, 0.25) is 0 Å². The highest BCUT2D eigenvalue weighted by Gasteiger charge is 2.36. The summed E-state index contributed by atoms with van der Waals surface area (Å²) in [4.78, 5) is 52.6. The number of amides is 2. The van der Waals surface area contributed by atoms with E-state index in [-0.39, 0.29) is 38.0 Å². The molecule has 2 amide bonds. The number of imide groups is 1. The largest absolute Gasteiger partial charge is 0.343 e. The Balaban J connectivity index is 2.30. The molecule has 1 atom stereocenters. The van der Waals surface area contributed by atoms with E-state index in [1.165, 1.54) is 38.5 Å². The van der Waals surface area contributed by atoms with E-state index in [1.807, 2.05) is 0 Å². The van der Waals surface area contributed by atoms with E-state index in [1.54, 1.807) is 0 Å². The smallest absolute Gasteiger partial charge is 0.330 e. The average Bonchev–Trinajstić information content (AvgIpc) is 2.96. The summed E-state index contributed by atoms with van der Waals surface area (Å²) < 4.78 is 0. The first kappa shape index (κ1) is 23.3. The van der Waals surface area contributed by atoms with Crippen molar-refractivity contribution in [2.75, 3.05) is 6.54 Å². The van der Waals surface area contributed by atoms with Gasteiger partial charge in [0, 0.05) is 19.3 Å². The quantitative estimate of drug-likeness (QED) is 0.265. The van der Waals surface area contributed by atoms with Gasteiger partial charge >= 0.3 is 5.97 Å². The lowest BCUT2D eigenvalue weighted by atomic mass is 9.95. The van der Waals surface area contributed by atoms with E-state index in [9.17, 15) is 19.2 Å². The van der Waals surface area contributed by atoms with Crippen LogP contribution in [0.25, 0.3) is 0 Å². The minimum absolute atomic E-state index is 0.0278. The molecule has 0 bridgehead atoms.